The van der Waals surface area contributed by atoms with Crippen LogP contribution in [0.25, 0.3) is 5.76 Å². The Balaban J connectivity index is 1.94. The number of carbonyl (C=O) groups is 3. The van der Waals surface area contributed by atoms with Crippen molar-refractivity contribution in [3.63, 3.8) is 0 Å². The predicted octanol–water partition coefficient (Wildman–Crippen LogP) is 5.56. The fourth-order valence-corrected chi connectivity index (χ4v) is 4.74. The van der Waals surface area contributed by atoms with Gasteiger partial charge in [-0.25, -0.2) is 4.79 Å². The largest absolute Gasteiger partial charge is 0.508 e. The van der Waals surface area contributed by atoms with E-state index in [9.17, 15) is 24.6 Å². The summed E-state index contributed by atoms with van der Waals surface area (Å²) in [5, 5.41) is 21.5. The molecule has 9 heteroatoms. The number of esters is 1. The van der Waals surface area contributed by atoms with Gasteiger partial charge in [0.1, 0.15) is 17.3 Å². The van der Waals surface area contributed by atoms with Crippen LogP contribution in [0.15, 0.2) is 66.2 Å². The number of rotatable bonds is 7. The van der Waals surface area contributed by atoms with Crippen molar-refractivity contribution in [2.75, 3.05) is 18.6 Å². The molecule has 0 aliphatic carbocycles. The molecule has 1 unspecified atom stereocenters. The van der Waals surface area contributed by atoms with Gasteiger partial charge < -0.3 is 19.7 Å². The van der Waals surface area contributed by atoms with Crippen LogP contribution >= 0.6 is 11.6 Å². The third-order valence-corrected chi connectivity index (χ3v) is 6.38. The van der Waals surface area contributed by atoms with E-state index in [1.807, 2.05) is 6.92 Å². The maximum Gasteiger partial charge on any atom is 0.338 e. The van der Waals surface area contributed by atoms with Crippen molar-refractivity contribution in [2.24, 2.45) is 0 Å². The van der Waals surface area contributed by atoms with Crippen molar-refractivity contribution in [1.29, 1.82) is 0 Å². The molecule has 0 bridgehead atoms. The lowest BCUT2D eigenvalue weighted by atomic mass is 9.94. The molecule has 0 saturated carbocycles. The van der Waals surface area contributed by atoms with E-state index in [2.05, 4.69) is 0 Å². The second-order valence-corrected chi connectivity index (χ2v) is 9.18. The van der Waals surface area contributed by atoms with Crippen LogP contribution < -0.4 is 9.64 Å². The number of aromatic hydroxyl groups is 1. The number of carbonyl (C=O) groups excluding carboxylic acids is 3. The van der Waals surface area contributed by atoms with Gasteiger partial charge in [0.2, 0.25) is 0 Å². The number of phenolic OH excluding ortho intramolecular Hbond substituents is 1. The van der Waals surface area contributed by atoms with Crippen LogP contribution in [-0.2, 0) is 14.3 Å². The quantitative estimate of drug-likeness (QED) is 0.176. The molecule has 1 atom stereocenters. The maximum atomic E-state index is 13.5. The lowest BCUT2D eigenvalue weighted by Crippen LogP contribution is -2.29. The van der Waals surface area contributed by atoms with Crippen LogP contribution in [0.3, 0.4) is 0 Å². The highest BCUT2D eigenvalue weighted by Gasteiger charge is 2.47. The van der Waals surface area contributed by atoms with Crippen molar-refractivity contribution in [3.8, 4) is 11.5 Å². The molecule has 1 heterocycles. The number of phenols is 1. The van der Waals surface area contributed by atoms with E-state index in [-0.39, 0.29) is 45.5 Å². The smallest absolute Gasteiger partial charge is 0.338 e. The molecule has 4 rings (SSSR count). The minimum atomic E-state index is -1.08. The van der Waals surface area contributed by atoms with Crippen molar-refractivity contribution in [3.05, 3.63) is 93.5 Å². The Bertz CT molecular complexity index is 1450. The number of methoxy groups -OCH3 is 1. The number of hydrogen-bond acceptors (Lipinski definition) is 7. The first kappa shape index (κ1) is 26.8. The standard InChI is InChI=1S/C29H26ClNO7/c1-4-12-38-29(36)18-6-5-7-19(15-18)31-24(17-8-10-20(32)11-9-17)23(26(34)28(31)35)25(33)21-13-16(2)14-22(30)27(21)37-3/h5-11,13-15,24,32-33H,4,12H2,1-3H3/b25-23+. The van der Waals surface area contributed by atoms with E-state index in [0.717, 1.165) is 0 Å². The molecular formula is C29H26ClNO7. The minimum absolute atomic E-state index is 0.0153. The third kappa shape index (κ3) is 4.95. The first-order valence-electron chi connectivity index (χ1n) is 11.9. The van der Waals surface area contributed by atoms with Crippen molar-refractivity contribution in [1.82, 2.24) is 0 Å². The summed E-state index contributed by atoms with van der Waals surface area (Å²) in [6, 6.07) is 14.3. The number of aliphatic hydroxyl groups excluding tert-OH is 1. The van der Waals surface area contributed by atoms with Crippen LogP contribution in [-0.4, -0.2) is 41.6 Å². The van der Waals surface area contributed by atoms with Gasteiger partial charge in [-0.2, -0.15) is 0 Å². The zero-order valence-corrected chi connectivity index (χ0v) is 21.8. The predicted molar refractivity (Wildman–Crippen MR) is 143 cm³/mol. The van der Waals surface area contributed by atoms with Gasteiger partial charge in [-0.3, -0.25) is 14.5 Å². The van der Waals surface area contributed by atoms with Crippen LogP contribution in [0.5, 0.6) is 11.5 Å². The lowest BCUT2D eigenvalue weighted by Gasteiger charge is -2.26. The summed E-state index contributed by atoms with van der Waals surface area (Å²) in [7, 11) is 1.38. The highest BCUT2D eigenvalue weighted by Crippen LogP contribution is 2.44. The van der Waals surface area contributed by atoms with Gasteiger partial charge in [0.15, 0.2) is 0 Å². The molecule has 1 fully saturated rings. The summed E-state index contributed by atoms with van der Waals surface area (Å²) in [5.74, 6) is -2.74. The van der Waals surface area contributed by atoms with Gasteiger partial charge in [-0.1, -0.05) is 36.7 Å². The molecular weight excluding hydrogens is 510 g/mol. The molecule has 1 saturated heterocycles. The Morgan fingerprint density at radius 2 is 1.79 bits per heavy atom. The fourth-order valence-electron chi connectivity index (χ4n) is 4.39. The number of amides is 1. The highest BCUT2D eigenvalue weighted by atomic mass is 35.5. The Labute approximate surface area is 224 Å². The average molecular weight is 536 g/mol. The number of hydrogen-bond donors (Lipinski definition) is 2. The number of nitrogens with zero attached hydrogens (tertiary/aromatic N) is 1. The summed E-state index contributed by atoms with van der Waals surface area (Å²) in [6.45, 7) is 3.88. The van der Waals surface area contributed by atoms with Crippen molar-refractivity contribution < 1.29 is 34.1 Å². The molecule has 2 N–H and O–H groups in total. The molecule has 8 nitrogen and oxygen atoms in total. The van der Waals surface area contributed by atoms with Crippen LogP contribution in [0.2, 0.25) is 5.02 Å². The van der Waals surface area contributed by atoms with Gasteiger partial charge >= 0.3 is 5.97 Å². The summed E-state index contributed by atoms with van der Waals surface area (Å²) in [5.41, 5.74) is 1.56. The van der Waals surface area contributed by atoms with E-state index in [1.165, 1.54) is 30.2 Å². The molecule has 38 heavy (non-hydrogen) atoms. The third-order valence-electron chi connectivity index (χ3n) is 6.10. The zero-order chi connectivity index (χ0) is 27.6. The normalized spacial score (nSPS) is 16.5. The van der Waals surface area contributed by atoms with Crippen molar-refractivity contribution in [2.45, 2.75) is 26.3 Å². The molecule has 3 aromatic carbocycles. The molecule has 1 amide bonds. The number of ether oxygens (including phenoxy) is 2. The minimum Gasteiger partial charge on any atom is -0.508 e. The van der Waals surface area contributed by atoms with Crippen molar-refractivity contribution >= 4 is 40.7 Å². The van der Waals surface area contributed by atoms with E-state index < -0.39 is 29.5 Å². The average Bonchev–Trinajstić information content (AvgIpc) is 3.17. The second kappa shape index (κ2) is 11.0. The number of aryl methyl sites for hydroxylation is 1. The van der Waals surface area contributed by atoms with Gasteiger partial charge in [-0.15, -0.1) is 0 Å². The number of aliphatic hydroxyl groups is 1. The van der Waals surface area contributed by atoms with Crippen LogP contribution in [0, 0.1) is 6.92 Å². The number of anilines is 1. The Kier molecular flexibility index (Phi) is 7.73. The summed E-state index contributed by atoms with van der Waals surface area (Å²) in [4.78, 5) is 40.6. The number of halogens is 1. The van der Waals surface area contributed by atoms with E-state index in [4.69, 9.17) is 21.1 Å². The molecule has 3 aromatic rings. The molecule has 0 radical (unpaired) electrons. The molecule has 1 aliphatic heterocycles. The zero-order valence-electron chi connectivity index (χ0n) is 21.0. The van der Waals surface area contributed by atoms with Gasteiger partial charge in [0.25, 0.3) is 11.7 Å². The Hall–Kier alpha value is -4.30. The number of Topliss-reactive ketones (excluding diaryl/α,β-unsaturated/α-hetero) is 1. The summed E-state index contributed by atoms with van der Waals surface area (Å²) >= 11 is 6.34. The number of benzene rings is 3. The molecule has 196 valence electrons. The fraction of sp³-hybridized carbons (Fsp3) is 0.207. The maximum absolute atomic E-state index is 13.5. The van der Waals surface area contributed by atoms with Gasteiger partial charge in [0, 0.05) is 5.69 Å². The first-order valence-corrected chi connectivity index (χ1v) is 12.3. The monoisotopic (exact) mass is 535 g/mol. The highest BCUT2D eigenvalue weighted by molar-refractivity contribution is 6.51. The number of ketones is 1. The first-order chi connectivity index (χ1) is 18.2. The van der Waals surface area contributed by atoms with E-state index >= 15 is 0 Å². The molecule has 0 spiro atoms. The van der Waals surface area contributed by atoms with E-state index in [1.54, 1.807) is 49.4 Å². The summed E-state index contributed by atoms with van der Waals surface area (Å²) in [6.07, 6.45) is 0.646. The lowest BCUT2D eigenvalue weighted by molar-refractivity contribution is -0.132. The SMILES string of the molecule is CCCOC(=O)c1cccc(N2C(=O)C(=O)/C(=C(/O)c3cc(C)cc(Cl)c3OC)C2c2ccc(O)cc2)c1. The second-order valence-electron chi connectivity index (χ2n) is 8.77. The summed E-state index contributed by atoms with van der Waals surface area (Å²) < 4.78 is 10.6. The molecule has 0 aromatic heterocycles. The van der Waals surface area contributed by atoms with Gasteiger partial charge in [-0.05, 0) is 66.9 Å². The van der Waals surface area contributed by atoms with Gasteiger partial charge in [0.05, 0.1) is 41.5 Å². The molecule has 1 aliphatic rings. The van der Waals surface area contributed by atoms with Crippen LogP contribution in [0.1, 0.15) is 46.4 Å². The van der Waals surface area contributed by atoms with Crippen LogP contribution in [0.4, 0.5) is 5.69 Å². The van der Waals surface area contributed by atoms with E-state index in [0.29, 0.717) is 17.5 Å². The Morgan fingerprint density at radius 1 is 1.08 bits per heavy atom. The Morgan fingerprint density at radius 3 is 2.45 bits per heavy atom. The topological polar surface area (TPSA) is 113 Å².